The topological polar surface area (TPSA) is 128 Å². The summed E-state index contributed by atoms with van der Waals surface area (Å²) < 4.78 is 79.5. The van der Waals surface area contributed by atoms with Crippen molar-refractivity contribution in [3.8, 4) is 12.1 Å². The quantitative estimate of drug-likeness (QED) is 0.382. The van der Waals surface area contributed by atoms with E-state index in [9.17, 15) is 31.2 Å². The van der Waals surface area contributed by atoms with Crippen LogP contribution < -0.4 is 8.61 Å². The predicted octanol–water partition coefficient (Wildman–Crippen LogP) is 2.96. The maximum absolute atomic E-state index is 14.3. The first-order chi connectivity index (χ1) is 15.2. The van der Waals surface area contributed by atoms with Crippen LogP contribution in [0.3, 0.4) is 0 Å². The molecule has 0 aliphatic carbocycles. The van der Waals surface area contributed by atoms with E-state index in [-0.39, 0.29) is 22.1 Å². The molecule has 0 radical (unpaired) electrons. The van der Waals surface area contributed by atoms with Crippen LogP contribution in [0.1, 0.15) is 0 Å². The van der Waals surface area contributed by atoms with Gasteiger partial charge in [-0.15, -0.1) is 0 Å². The van der Waals surface area contributed by atoms with Crippen LogP contribution in [0.15, 0.2) is 59.5 Å². The van der Waals surface area contributed by atoms with Crippen molar-refractivity contribution in [2.24, 2.45) is 0 Å². The normalized spacial score (nSPS) is 12.0. The smallest absolute Gasteiger partial charge is 0.271 e. The van der Waals surface area contributed by atoms with E-state index in [4.69, 9.17) is 5.26 Å². The third-order valence-corrected chi connectivity index (χ3v) is 6.99. The Morgan fingerprint density at radius 1 is 0.875 bits per heavy atom. The summed E-state index contributed by atoms with van der Waals surface area (Å²) in [7, 11) is -4.86. The van der Waals surface area contributed by atoms with Crippen LogP contribution >= 0.6 is 0 Å². The van der Waals surface area contributed by atoms with Crippen LogP contribution in [0.2, 0.25) is 0 Å². The molecule has 3 aromatic rings. The van der Waals surface area contributed by atoms with Gasteiger partial charge in [0.05, 0.1) is 23.5 Å². The van der Waals surface area contributed by atoms with Crippen molar-refractivity contribution < 1.29 is 26.0 Å². The number of hydrogen-bond donors (Lipinski definition) is 0. The van der Waals surface area contributed by atoms with Gasteiger partial charge in [0.15, 0.2) is 4.90 Å². The molecule has 1 unspecified atom stereocenters. The Labute approximate surface area is 185 Å². The minimum absolute atomic E-state index is 0.0885. The number of anilines is 2. The lowest BCUT2D eigenvalue weighted by atomic mass is 10.1. The molecule has 32 heavy (non-hydrogen) atoms. The van der Waals surface area contributed by atoms with Crippen molar-refractivity contribution in [3.05, 3.63) is 66.2 Å². The van der Waals surface area contributed by atoms with E-state index in [2.05, 4.69) is 0 Å². The zero-order valence-corrected chi connectivity index (χ0v) is 17.7. The minimum Gasteiger partial charge on any atom is -0.755 e. The first-order valence-corrected chi connectivity index (χ1v) is 11.3. The molecule has 0 bridgehead atoms. The Kier molecular flexibility index (Phi) is 6.69. The van der Waals surface area contributed by atoms with Crippen molar-refractivity contribution in [1.29, 1.82) is 10.5 Å². The summed E-state index contributed by atoms with van der Waals surface area (Å²) in [6, 6.07) is 14.5. The van der Waals surface area contributed by atoms with E-state index in [1.165, 1.54) is 24.3 Å². The molecule has 12 heteroatoms. The molecule has 0 aliphatic rings. The minimum atomic E-state index is -4.86. The molecular formula is C20H13F2N4O4S2-. The van der Waals surface area contributed by atoms with Crippen LogP contribution in [0.4, 0.5) is 20.2 Å². The largest absolute Gasteiger partial charge is 0.755 e. The molecule has 0 heterocycles. The predicted molar refractivity (Wildman–Crippen MR) is 112 cm³/mol. The summed E-state index contributed by atoms with van der Waals surface area (Å²) in [6.07, 6.45) is 0. The maximum Gasteiger partial charge on any atom is 0.271 e. The van der Waals surface area contributed by atoms with E-state index < -0.39 is 50.9 Å². The van der Waals surface area contributed by atoms with Gasteiger partial charge in [-0.1, -0.05) is 30.3 Å². The van der Waals surface area contributed by atoms with Crippen molar-refractivity contribution in [2.45, 2.75) is 4.90 Å². The van der Waals surface area contributed by atoms with Gasteiger partial charge in [-0.25, -0.2) is 17.2 Å². The summed E-state index contributed by atoms with van der Waals surface area (Å²) in [5, 5.41) is 18.6. The van der Waals surface area contributed by atoms with Crippen molar-refractivity contribution in [1.82, 2.24) is 0 Å². The van der Waals surface area contributed by atoms with Gasteiger partial charge in [-0.05, 0) is 24.3 Å². The Morgan fingerprint density at radius 3 is 1.94 bits per heavy atom. The Balaban J connectivity index is 2.30. The molecule has 0 saturated carbocycles. The Bertz CT molecular complexity index is 1380. The summed E-state index contributed by atoms with van der Waals surface area (Å²) >= 11 is -2.81. The highest BCUT2D eigenvalue weighted by Crippen LogP contribution is 2.37. The molecule has 3 aromatic carbocycles. The summed E-state index contributed by atoms with van der Waals surface area (Å²) in [5.74, 6) is -2.65. The highest BCUT2D eigenvalue weighted by atomic mass is 32.2. The standard InChI is InChI=1S/C20H14F2N4O4S2/c21-16-6-3-7-17(22)20(16)32(29,30)26(13-11-24)19-9-8-18(25(12-10-23)31(27)28)14-4-1-2-5-15(14)19/h1-9H,12-13H2,(H,27,28)/p-1. The molecule has 0 amide bonds. The number of nitrogens with zero attached hydrogens (tertiary/aromatic N) is 4. The molecule has 0 spiro atoms. The fourth-order valence-corrected chi connectivity index (χ4v) is 5.17. The molecule has 0 saturated heterocycles. The Hall–Kier alpha value is -3.58. The van der Waals surface area contributed by atoms with Gasteiger partial charge in [-0.2, -0.15) is 10.5 Å². The van der Waals surface area contributed by atoms with Gasteiger partial charge in [-0.3, -0.25) is 12.8 Å². The highest BCUT2D eigenvalue weighted by molar-refractivity contribution is 7.92. The van der Waals surface area contributed by atoms with E-state index >= 15 is 0 Å². The molecule has 0 aliphatic heterocycles. The zero-order chi connectivity index (χ0) is 23.5. The molecule has 0 fully saturated rings. The average molecular weight is 475 g/mol. The Morgan fingerprint density at radius 2 is 1.41 bits per heavy atom. The van der Waals surface area contributed by atoms with Crippen LogP contribution in [0, 0.1) is 34.3 Å². The van der Waals surface area contributed by atoms with Crippen LogP contribution in [0.5, 0.6) is 0 Å². The molecule has 3 rings (SSSR count). The average Bonchev–Trinajstić information content (AvgIpc) is 2.75. The third kappa shape index (κ3) is 4.11. The lowest BCUT2D eigenvalue weighted by Gasteiger charge is -2.28. The molecule has 0 aromatic heterocycles. The SMILES string of the molecule is N#CCN(c1ccc(N(CC#N)S(=O)(=O)c2c(F)cccc2F)c2ccccc12)S(=O)[O-]. The van der Waals surface area contributed by atoms with Crippen LogP contribution in [-0.2, 0) is 21.3 Å². The number of fused-ring (bicyclic) bond motifs is 1. The lowest BCUT2D eigenvalue weighted by Crippen LogP contribution is -2.33. The van der Waals surface area contributed by atoms with E-state index in [0.717, 1.165) is 22.5 Å². The number of benzene rings is 3. The van der Waals surface area contributed by atoms with Gasteiger partial charge < -0.3 is 4.55 Å². The van der Waals surface area contributed by atoms with Gasteiger partial charge in [0.2, 0.25) is 0 Å². The zero-order valence-electron chi connectivity index (χ0n) is 16.1. The maximum atomic E-state index is 14.3. The van der Waals surface area contributed by atoms with Gasteiger partial charge in [0, 0.05) is 22.0 Å². The first kappa shape index (κ1) is 23.1. The molecule has 164 valence electrons. The first-order valence-electron chi connectivity index (χ1n) is 8.83. The monoisotopic (exact) mass is 475 g/mol. The van der Waals surface area contributed by atoms with Gasteiger partial charge in [0.25, 0.3) is 10.0 Å². The number of halogens is 2. The van der Waals surface area contributed by atoms with Gasteiger partial charge >= 0.3 is 0 Å². The third-order valence-electron chi connectivity index (χ3n) is 4.49. The molecule has 8 nitrogen and oxygen atoms in total. The molecule has 0 N–H and O–H groups in total. The number of nitriles is 2. The second-order valence-electron chi connectivity index (χ2n) is 6.28. The van der Waals surface area contributed by atoms with Crippen LogP contribution in [0.25, 0.3) is 10.8 Å². The number of hydrogen-bond acceptors (Lipinski definition) is 6. The van der Waals surface area contributed by atoms with Crippen molar-refractivity contribution >= 4 is 43.4 Å². The molecule has 1 atom stereocenters. The van der Waals surface area contributed by atoms with E-state index in [0.29, 0.717) is 4.31 Å². The molecular weight excluding hydrogens is 462 g/mol. The fourth-order valence-electron chi connectivity index (χ4n) is 3.19. The fraction of sp³-hybridized carbons (Fsp3) is 0.100. The van der Waals surface area contributed by atoms with Crippen molar-refractivity contribution in [2.75, 3.05) is 21.7 Å². The van der Waals surface area contributed by atoms with Gasteiger partial charge in [0.1, 0.15) is 24.7 Å². The van der Waals surface area contributed by atoms with Crippen molar-refractivity contribution in [3.63, 3.8) is 0 Å². The van der Waals surface area contributed by atoms with E-state index in [1.807, 2.05) is 0 Å². The summed E-state index contributed by atoms with van der Waals surface area (Å²) in [5.41, 5.74) is -0.00671. The summed E-state index contributed by atoms with van der Waals surface area (Å²) in [6.45, 7) is -1.27. The second kappa shape index (κ2) is 9.28. The lowest BCUT2D eigenvalue weighted by molar-refractivity contribution is 0.518. The number of sulfonamides is 1. The van der Waals surface area contributed by atoms with E-state index in [1.54, 1.807) is 24.3 Å². The highest BCUT2D eigenvalue weighted by Gasteiger charge is 2.32. The second-order valence-corrected chi connectivity index (χ2v) is 8.96. The number of rotatable bonds is 7. The van der Waals surface area contributed by atoms with Crippen LogP contribution in [-0.4, -0.2) is 30.3 Å². The summed E-state index contributed by atoms with van der Waals surface area (Å²) in [4.78, 5) is -1.21.